The van der Waals surface area contributed by atoms with Crippen molar-refractivity contribution < 1.29 is 19.6 Å². The molecule has 0 aliphatic heterocycles. The summed E-state index contributed by atoms with van der Waals surface area (Å²) in [6, 6.07) is 4.23. The molecule has 1 aliphatic carbocycles. The molecule has 0 unspecified atom stereocenters. The summed E-state index contributed by atoms with van der Waals surface area (Å²) in [5.74, 6) is -1.31. The maximum Gasteiger partial charge on any atom is 0.342 e. The zero-order chi connectivity index (χ0) is 14.0. The van der Waals surface area contributed by atoms with Crippen molar-refractivity contribution in [2.45, 2.75) is 25.0 Å². The Bertz CT molecular complexity index is 511. The van der Waals surface area contributed by atoms with Crippen LogP contribution in [0.4, 0.5) is 11.4 Å². The number of carboxylic acid groups (broad SMARTS) is 1. The molecular weight excluding hydrogens is 252 g/mol. The van der Waals surface area contributed by atoms with E-state index in [1.807, 2.05) is 0 Å². The molecule has 0 aromatic heterocycles. The number of methoxy groups -OCH3 is 1. The van der Waals surface area contributed by atoms with Gasteiger partial charge in [0.1, 0.15) is 5.56 Å². The Balaban J connectivity index is 2.13. The van der Waals surface area contributed by atoms with Crippen LogP contribution in [0.25, 0.3) is 0 Å². The zero-order valence-corrected chi connectivity index (χ0v) is 10.3. The average molecular weight is 266 g/mol. The van der Waals surface area contributed by atoms with E-state index in [0.717, 1.165) is 12.8 Å². The predicted octanol–water partition coefficient (Wildman–Crippen LogP) is 1.88. The zero-order valence-electron chi connectivity index (χ0n) is 10.3. The van der Waals surface area contributed by atoms with Gasteiger partial charge in [-0.2, -0.15) is 0 Å². The second-order valence-corrected chi connectivity index (χ2v) is 4.46. The van der Waals surface area contributed by atoms with E-state index >= 15 is 0 Å². The van der Waals surface area contributed by atoms with Crippen molar-refractivity contribution in [2.75, 3.05) is 12.4 Å². The summed E-state index contributed by atoms with van der Waals surface area (Å²) in [6.45, 7) is 0. The normalized spacial score (nSPS) is 21.5. The highest BCUT2D eigenvalue weighted by molar-refractivity contribution is 5.93. The molecule has 0 saturated heterocycles. The van der Waals surface area contributed by atoms with Gasteiger partial charge in [0.05, 0.1) is 11.0 Å². The molecule has 0 bridgehead atoms. The van der Waals surface area contributed by atoms with E-state index in [1.54, 1.807) is 7.11 Å². The Morgan fingerprint density at radius 2 is 2.21 bits per heavy atom. The molecule has 19 heavy (non-hydrogen) atoms. The largest absolute Gasteiger partial charge is 0.477 e. The molecule has 7 heteroatoms. The summed E-state index contributed by atoms with van der Waals surface area (Å²) in [4.78, 5) is 21.0. The van der Waals surface area contributed by atoms with Gasteiger partial charge < -0.3 is 15.2 Å². The van der Waals surface area contributed by atoms with E-state index in [4.69, 9.17) is 9.84 Å². The highest BCUT2D eigenvalue weighted by atomic mass is 16.6. The molecule has 0 amide bonds. The van der Waals surface area contributed by atoms with Gasteiger partial charge in [-0.05, 0) is 25.0 Å². The fourth-order valence-electron chi connectivity index (χ4n) is 2.07. The van der Waals surface area contributed by atoms with Crippen LogP contribution >= 0.6 is 0 Å². The summed E-state index contributed by atoms with van der Waals surface area (Å²) < 4.78 is 5.14. The van der Waals surface area contributed by atoms with Crippen LogP contribution in [-0.2, 0) is 4.74 Å². The molecule has 7 nitrogen and oxygen atoms in total. The van der Waals surface area contributed by atoms with Crippen LogP contribution in [0.15, 0.2) is 18.2 Å². The van der Waals surface area contributed by atoms with Crippen LogP contribution in [0, 0.1) is 10.1 Å². The van der Waals surface area contributed by atoms with Gasteiger partial charge in [0.2, 0.25) is 0 Å². The van der Waals surface area contributed by atoms with Crippen LogP contribution in [0.1, 0.15) is 23.2 Å². The molecule has 1 aliphatic rings. The smallest absolute Gasteiger partial charge is 0.342 e. The number of aromatic carboxylic acids is 1. The maximum atomic E-state index is 11.0. The lowest BCUT2D eigenvalue weighted by Gasteiger charge is -2.35. The Morgan fingerprint density at radius 1 is 1.53 bits per heavy atom. The third kappa shape index (κ3) is 2.82. The maximum absolute atomic E-state index is 11.0. The Kier molecular flexibility index (Phi) is 3.66. The Hall–Kier alpha value is -2.15. The first-order valence-corrected chi connectivity index (χ1v) is 5.82. The van der Waals surface area contributed by atoms with E-state index in [9.17, 15) is 14.9 Å². The van der Waals surface area contributed by atoms with E-state index in [-0.39, 0.29) is 17.7 Å². The van der Waals surface area contributed by atoms with E-state index in [2.05, 4.69) is 5.32 Å². The van der Waals surface area contributed by atoms with Gasteiger partial charge in [0.25, 0.3) is 5.69 Å². The van der Waals surface area contributed by atoms with Crippen molar-refractivity contribution in [3.05, 3.63) is 33.9 Å². The Labute approximate surface area is 109 Å². The van der Waals surface area contributed by atoms with Crippen molar-refractivity contribution in [2.24, 2.45) is 0 Å². The van der Waals surface area contributed by atoms with Gasteiger partial charge in [-0.25, -0.2) is 4.79 Å². The van der Waals surface area contributed by atoms with Crippen molar-refractivity contribution in [1.29, 1.82) is 0 Å². The summed E-state index contributed by atoms with van der Waals surface area (Å²) in [6.07, 6.45) is 1.92. The van der Waals surface area contributed by atoms with Crippen LogP contribution in [0.3, 0.4) is 0 Å². The van der Waals surface area contributed by atoms with E-state index in [0.29, 0.717) is 5.69 Å². The molecule has 1 fully saturated rings. The number of carboxylic acids is 1. The Morgan fingerprint density at radius 3 is 2.74 bits per heavy atom. The first-order valence-electron chi connectivity index (χ1n) is 5.82. The third-order valence-corrected chi connectivity index (χ3v) is 3.22. The lowest BCUT2D eigenvalue weighted by molar-refractivity contribution is -0.385. The summed E-state index contributed by atoms with van der Waals surface area (Å²) >= 11 is 0. The minimum atomic E-state index is -1.31. The molecule has 2 rings (SSSR count). The molecule has 1 aromatic rings. The minimum Gasteiger partial charge on any atom is -0.477 e. The fourth-order valence-corrected chi connectivity index (χ4v) is 2.07. The van der Waals surface area contributed by atoms with Crippen LogP contribution < -0.4 is 5.32 Å². The van der Waals surface area contributed by atoms with Gasteiger partial charge in [0.15, 0.2) is 0 Å². The number of nitrogens with one attached hydrogen (secondary N) is 1. The van der Waals surface area contributed by atoms with Gasteiger partial charge in [-0.1, -0.05) is 0 Å². The molecule has 0 radical (unpaired) electrons. The number of ether oxygens (including phenoxy) is 1. The van der Waals surface area contributed by atoms with Crippen molar-refractivity contribution in [3.8, 4) is 0 Å². The first-order chi connectivity index (χ1) is 9.01. The number of nitrogens with zero attached hydrogens (tertiary/aromatic N) is 1. The van der Waals surface area contributed by atoms with Gasteiger partial charge in [-0.3, -0.25) is 10.1 Å². The standard InChI is InChI=1S/C12H14N2O5/c1-19-9-4-8(5-9)13-7-2-3-11(14(17)18)10(6-7)12(15)16/h2-3,6,8-9,13H,4-5H2,1H3,(H,15,16). The number of hydrogen-bond acceptors (Lipinski definition) is 5. The lowest BCUT2D eigenvalue weighted by Crippen LogP contribution is -2.40. The molecule has 1 aromatic carbocycles. The monoisotopic (exact) mass is 266 g/mol. The lowest BCUT2D eigenvalue weighted by atomic mass is 9.89. The number of hydrogen-bond donors (Lipinski definition) is 2. The second kappa shape index (κ2) is 5.23. The topological polar surface area (TPSA) is 102 Å². The molecule has 0 heterocycles. The fraction of sp³-hybridized carbons (Fsp3) is 0.417. The van der Waals surface area contributed by atoms with Gasteiger partial charge >= 0.3 is 5.97 Å². The first kappa shape index (κ1) is 13.3. The van der Waals surface area contributed by atoms with Crippen molar-refractivity contribution >= 4 is 17.3 Å². The number of carbonyl (C=O) groups is 1. The molecule has 102 valence electrons. The van der Waals surface area contributed by atoms with Crippen LogP contribution in [-0.4, -0.2) is 35.3 Å². The van der Waals surface area contributed by atoms with E-state index < -0.39 is 16.6 Å². The highest BCUT2D eigenvalue weighted by Gasteiger charge is 2.29. The molecule has 0 atom stereocenters. The van der Waals surface area contributed by atoms with Crippen molar-refractivity contribution in [3.63, 3.8) is 0 Å². The average Bonchev–Trinajstić information content (AvgIpc) is 2.32. The highest BCUT2D eigenvalue weighted by Crippen LogP contribution is 2.28. The SMILES string of the molecule is COC1CC(Nc2ccc([N+](=O)[O-])c(C(=O)O)c2)C1. The summed E-state index contributed by atoms with van der Waals surface area (Å²) in [5.41, 5.74) is -0.137. The van der Waals surface area contributed by atoms with Crippen LogP contribution in [0.5, 0.6) is 0 Å². The third-order valence-electron chi connectivity index (χ3n) is 3.22. The molecule has 1 saturated carbocycles. The number of nitro benzene ring substituents is 1. The molecular formula is C12H14N2O5. The second-order valence-electron chi connectivity index (χ2n) is 4.46. The minimum absolute atomic E-state index is 0.216. The van der Waals surface area contributed by atoms with Crippen LogP contribution in [0.2, 0.25) is 0 Å². The predicted molar refractivity (Wildman–Crippen MR) is 67.5 cm³/mol. The summed E-state index contributed by atoms with van der Waals surface area (Å²) in [5, 5.41) is 22.8. The molecule has 2 N–H and O–H groups in total. The van der Waals surface area contributed by atoms with E-state index in [1.165, 1.54) is 18.2 Å². The number of benzene rings is 1. The number of rotatable bonds is 5. The number of anilines is 1. The quantitative estimate of drug-likeness (QED) is 0.623. The van der Waals surface area contributed by atoms with Crippen molar-refractivity contribution in [1.82, 2.24) is 0 Å². The van der Waals surface area contributed by atoms with Gasteiger partial charge in [0, 0.05) is 24.9 Å². The van der Waals surface area contributed by atoms with Gasteiger partial charge in [-0.15, -0.1) is 0 Å². The molecule has 0 spiro atoms. The number of nitro groups is 1. The summed E-state index contributed by atoms with van der Waals surface area (Å²) in [7, 11) is 1.65.